The molecule has 24 heteroatoms. The van der Waals surface area contributed by atoms with Crippen LogP contribution in [-0.2, 0) is 36.0 Å². The third-order valence-corrected chi connectivity index (χ3v) is 21.5. The zero-order valence-corrected chi connectivity index (χ0v) is 52.5. The summed E-state index contributed by atoms with van der Waals surface area (Å²) in [6.07, 6.45) is 5.54. The van der Waals surface area contributed by atoms with E-state index in [1.165, 1.54) is 45.5 Å². The zero-order valence-electron chi connectivity index (χ0n) is 49.3. The molecule has 0 spiro atoms. The van der Waals surface area contributed by atoms with Crippen molar-refractivity contribution >= 4 is 83.8 Å². The maximum Gasteiger partial charge on any atom is 0.501 e. The lowest BCUT2D eigenvalue weighted by Crippen LogP contribution is -2.52. The molecule has 4 aliphatic heterocycles. The first-order valence-corrected chi connectivity index (χ1v) is 34.2. The molecule has 0 bridgehead atoms. The molecule has 4 amide bonds. The number of halogens is 4. The number of benzene rings is 5. The highest BCUT2D eigenvalue weighted by Gasteiger charge is 2.49. The highest BCUT2D eigenvalue weighted by Crippen LogP contribution is 2.43. The van der Waals surface area contributed by atoms with Gasteiger partial charge in [-0.2, -0.15) is 13.2 Å². The number of carbonyl (C=O) groups is 4. The lowest BCUT2D eigenvalue weighted by molar-refractivity contribution is -0.136. The summed E-state index contributed by atoms with van der Waals surface area (Å²) in [6.45, 7) is 13.4. The van der Waals surface area contributed by atoms with Crippen LogP contribution in [0.25, 0.3) is 5.57 Å². The molecule has 3 fully saturated rings. The molecule has 17 nitrogen and oxygen atoms in total. The van der Waals surface area contributed by atoms with Crippen molar-refractivity contribution in [1.82, 2.24) is 29.6 Å². The number of alkyl halides is 3. The Labute approximate surface area is 522 Å². The average molecular weight is 1290 g/mol. The molecule has 5 aromatic carbocycles. The number of rotatable bonds is 23. The minimum atomic E-state index is -6.13. The van der Waals surface area contributed by atoms with Crippen LogP contribution in [0, 0.1) is 5.41 Å². The Morgan fingerprint density at radius 3 is 2.19 bits per heavy atom. The second-order valence-electron chi connectivity index (χ2n) is 24.0. The number of sulfonamides is 1. The third kappa shape index (κ3) is 15.7. The van der Waals surface area contributed by atoms with E-state index in [1.54, 1.807) is 24.3 Å². The number of nitrogens with zero attached hydrogens (tertiary/aromatic N) is 5. The fraction of sp³-hybridized carbons (Fsp3) is 0.438. The first-order valence-electron chi connectivity index (χ1n) is 29.9. The molecule has 2 atom stereocenters. The van der Waals surface area contributed by atoms with Crippen molar-refractivity contribution in [2.75, 3.05) is 94.6 Å². The number of piperazine rings is 2. The number of thioether (sulfide) groups is 1. The number of allylic oxidation sites excluding steroid dienone is 1. The quantitative estimate of drug-likeness (QED) is 0.0317. The van der Waals surface area contributed by atoms with Gasteiger partial charge in [-0.25, -0.2) is 21.6 Å². The van der Waals surface area contributed by atoms with Gasteiger partial charge in [0.25, 0.3) is 31.7 Å². The lowest BCUT2D eigenvalue weighted by atomic mass is 9.73. The van der Waals surface area contributed by atoms with Crippen LogP contribution in [0.3, 0.4) is 0 Å². The number of fused-ring (bicyclic) bond motifs is 1. The Kier molecular flexibility index (Phi) is 20.3. The van der Waals surface area contributed by atoms with Crippen LogP contribution in [0.2, 0.25) is 5.02 Å². The summed E-state index contributed by atoms with van der Waals surface area (Å²) in [7, 11) is -11.0. The monoisotopic (exact) mass is 1290 g/mol. The van der Waals surface area contributed by atoms with Gasteiger partial charge in [0, 0.05) is 116 Å². The number of nitrogens with one attached hydrogen (secondary N) is 3. The summed E-state index contributed by atoms with van der Waals surface area (Å²) in [5.41, 5.74) is 0.0282. The predicted octanol–water partition coefficient (Wildman–Crippen LogP) is 9.74. The number of unbranched alkanes of at least 4 members (excludes halogenated alkanes) is 1. The molecule has 470 valence electrons. The molecule has 1 unspecified atom stereocenters. The molecule has 0 saturated carbocycles. The second kappa shape index (κ2) is 27.7. The average Bonchev–Trinajstić information content (AvgIpc) is 1.47. The van der Waals surface area contributed by atoms with E-state index in [9.17, 15) is 49.2 Å². The molecule has 4 heterocycles. The molecule has 0 radical (unpaired) electrons. The molecule has 3 N–H and O–H groups in total. The van der Waals surface area contributed by atoms with Crippen molar-refractivity contribution in [3.05, 3.63) is 148 Å². The van der Waals surface area contributed by atoms with Gasteiger partial charge in [-0.05, 0) is 147 Å². The summed E-state index contributed by atoms with van der Waals surface area (Å²) in [6, 6.07) is 30.2. The topological polar surface area (TPSA) is 198 Å². The summed E-state index contributed by atoms with van der Waals surface area (Å²) < 4.78 is 106. The number of anilines is 2. The molecular weight excluding hydrogens is 1210 g/mol. The van der Waals surface area contributed by atoms with E-state index in [0.29, 0.717) is 60.8 Å². The minimum Gasteiger partial charge on any atom is -0.493 e. The summed E-state index contributed by atoms with van der Waals surface area (Å²) >= 11 is 7.65. The van der Waals surface area contributed by atoms with Gasteiger partial charge < -0.3 is 29.7 Å². The van der Waals surface area contributed by atoms with Crippen molar-refractivity contribution in [3.63, 3.8) is 0 Å². The second-order valence-corrected chi connectivity index (χ2v) is 29.1. The normalized spacial score (nSPS) is 19.3. The van der Waals surface area contributed by atoms with Gasteiger partial charge in [-0.15, -0.1) is 11.8 Å². The summed E-state index contributed by atoms with van der Waals surface area (Å²) in [5.74, 6) is -1.21. The van der Waals surface area contributed by atoms with Gasteiger partial charge in [-0.3, -0.25) is 29.4 Å². The molecule has 10 rings (SSSR count). The van der Waals surface area contributed by atoms with Gasteiger partial charge in [-0.1, -0.05) is 67.4 Å². The Morgan fingerprint density at radius 1 is 0.807 bits per heavy atom. The first-order chi connectivity index (χ1) is 42.0. The van der Waals surface area contributed by atoms with Crippen molar-refractivity contribution in [1.29, 1.82) is 0 Å². The molecule has 88 heavy (non-hydrogen) atoms. The number of hydrogen-bond acceptors (Lipinski definition) is 15. The maximum absolute atomic E-state index is 14.5. The number of carbonyl (C=O) groups excluding carboxylic acids is 4. The van der Waals surface area contributed by atoms with Crippen LogP contribution < -0.4 is 25.0 Å². The van der Waals surface area contributed by atoms with E-state index >= 15 is 0 Å². The fourth-order valence-electron chi connectivity index (χ4n) is 12.2. The zero-order chi connectivity index (χ0) is 62.4. The van der Waals surface area contributed by atoms with E-state index in [2.05, 4.69) is 56.2 Å². The van der Waals surface area contributed by atoms with Crippen LogP contribution in [0.15, 0.2) is 136 Å². The highest BCUT2D eigenvalue weighted by atomic mass is 35.5. The van der Waals surface area contributed by atoms with Gasteiger partial charge in [0.15, 0.2) is 0 Å². The van der Waals surface area contributed by atoms with Gasteiger partial charge in [0.05, 0.1) is 23.7 Å². The SMILES string of the molecule is CC1(C)CCC(c2ccc(Cl)cc2)=C(CN2CCN(c3ccc(C(=O)NS(=O)(=O)c4ccc(N[C@H](CCN5CCN(CCCCOc6cccc7c6CN(C6CCC(=O)NC6=O)C7=O)CC5)CSc5ccccc5)c(S(=O)(=O)C(F)(F)F)c4)cc3)CC2)C1. The molecular formula is C64H74ClF3N8O9S3. The van der Waals surface area contributed by atoms with E-state index in [0.717, 1.165) is 113 Å². The molecule has 0 aromatic heterocycles. The van der Waals surface area contributed by atoms with Crippen LogP contribution in [0.5, 0.6) is 5.75 Å². The van der Waals surface area contributed by atoms with Crippen LogP contribution in [-0.4, -0.2) is 162 Å². The smallest absolute Gasteiger partial charge is 0.493 e. The molecule has 1 aliphatic carbocycles. The number of piperidine rings is 1. The third-order valence-electron chi connectivity index (χ3n) is 17.2. The molecule has 5 aromatic rings. The summed E-state index contributed by atoms with van der Waals surface area (Å²) in [5, 5.41) is 6.08. The van der Waals surface area contributed by atoms with Crippen molar-refractivity contribution in [2.45, 2.75) is 104 Å². The lowest BCUT2D eigenvalue weighted by Gasteiger charge is -2.39. The van der Waals surface area contributed by atoms with E-state index in [1.807, 2.05) is 53.3 Å². The Hall–Kier alpha value is -6.47. The Bertz CT molecular complexity index is 3620. The predicted molar refractivity (Wildman–Crippen MR) is 335 cm³/mol. The van der Waals surface area contributed by atoms with Gasteiger partial charge in [0.1, 0.15) is 16.7 Å². The van der Waals surface area contributed by atoms with Gasteiger partial charge >= 0.3 is 5.51 Å². The van der Waals surface area contributed by atoms with Crippen LogP contribution in [0.4, 0.5) is 24.5 Å². The fourth-order valence-corrected chi connectivity index (χ4v) is 15.4. The number of sulfone groups is 1. The number of imide groups is 1. The highest BCUT2D eigenvalue weighted by molar-refractivity contribution is 7.99. The molecule has 3 saturated heterocycles. The number of amides is 4. The number of hydrogen-bond donors (Lipinski definition) is 3. The summed E-state index contributed by atoms with van der Waals surface area (Å²) in [4.78, 5) is 60.6. The van der Waals surface area contributed by atoms with Crippen LogP contribution >= 0.6 is 23.4 Å². The van der Waals surface area contributed by atoms with Gasteiger partial charge in [0.2, 0.25) is 11.8 Å². The van der Waals surface area contributed by atoms with E-state index in [-0.39, 0.29) is 42.2 Å². The first kappa shape index (κ1) is 64.5. The van der Waals surface area contributed by atoms with E-state index in [4.69, 9.17) is 16.3 Å². The van der Waals surface area contributed by atoms with Crippen LogP contribution in [0.1, 0.15) is 97.1 Å². The van der Waals surface area contributed by atoms with Crippen molar-refractivity contribution in [2.24, 2.45) is 5.41 Å². The largest absolute Gasteiger partial charge is 0.501 e. The standard InChI is InChI=1S/C64H74ClF3N8O9S3/c1-63(2)27-25-52(44-13-17-47(65)18-14-44)46(40-63)41-74-34-36-75(37-35-74)49-19-15-45(16-20-49)60(78)71-88(83,84)51-21-22-55(58(39-51)87(81,82)64(66,67)68)69-48(43-86-50-9-4-3-5-10-50)26-29-73-32-30-72(31-33-73)28-6-7-38-85-57-12-8-11-53-54(57)42-76(62(53)80)56-23-24-59(77)70-61(56)79/h3-5,8-22,39,48,56,69H,6-7,23-38,40-43H2,1-2H3,(H,71,78)(H,70,77,79)/t48-,56?/m1/s1. The molecule has 5 aliphatic rings. The number of ether oxygens (including phenoxy) is 1. The Balaban J connectivity index is 0.727. The maximum atomic E-state index is 14.5. The van der Waals surface area contributed by atoms with Crippen molar-refractivity contribution < 1.29 is 53.9 Å². The van der Waals surface area contributed by atoms with E-state index < -0.39 is 64.7 Å². The van der Waals surface area contributed by atoms with Crippen molar-refractivity contribution in [3.8, 4) is 5.75 Å². The Morgan fingerprint density at radius 2 is 1.50 bits per heavy atom. The minimum absolute atomic E-state index is 0.0209.